The second-order valence-electron chi connectivity index (χ2n) is 6.20. The fraction of sp³-hybridized carbons (Fsp3) is 0.200. The van der Waals surface area contributed by atoms with Gasteiger partial charge in [0.2, 0.25) is 0 Å². The largest absolute Gasteiger partial charge is 0.496 e. The lowest BCUT2D eigenvalue weighted by Gasteiger charge is -2.31. The molecule has 0 aliphatic carbocycles. The fourth-order valence-corrected chi connectivity index (χ4v) is 3.53. The van der Waals surface area contributed by atoms with Crippen LogP contribution in [0.2, 0.25) is 0 Å². The predicted octanol–water partition coefficient (Wildman–Crippen LogP) is 4.97. The van der Waals surface area contributed by atoms with Crippen LogP contribution in [-0.4, -0.2) is 23.8 Å². The first kappa shape index (κ1) is 19.1. The van der Waals surface area contributed by atoms with Gasteiger partial charge in [0, 0.05) is 23.2 Å². The summed E-state index contributed by atoms with van der Waals surface area (Å²) in [4.78, 5) is 26.1. The number of ether oxygens (including phenoxy) is 1. The zero-order valence-electron chi connectivity index (χ0n) is 14.8. The first-order valence-electron chi connectivity index (χ1n) is 8.29. The highest BCUT2D eigenvalue weighted by atomic mass is 79.9. The molecule has 2 aromatic rings. The predicted molar refractivity (Wildman–Crippen MR) is 104 cm³/mol. The van der Waals surface area contributed by atoms with Crippen LogP contribution in [0, 0.1) is 12.7 Å². The third-order valence-corrected chi connectivity index (χ3v) is 5.00. The van der Waals surface area contributed by atoms with Crippen LogP contribution < -0.4 is 10.1 Å². The minimum atomic E-state index is -0.579. The number of aryl methyl sites for hydroxylation is 1. The molecule has 1 aliphatic heterocycles. The molecule has 2 aromatic carbocycles. The van der Waals surface area contributed by atoms with Crippen LogP contribution in [0.1, 0.15) is 23.6 Å². The van der Waals surface area contributed by atoms with Gasteiger partial charge in [-0.25, -0.2) is 9.18 Å². The number of amides is 2. The summed E-state index contributed by atoms with van der Waals surface area (Å²) in [7, 11) is 1.56. The Morgan fingerprint density at radius 2 is 2.11 bits per heavy atom. The summed E-state index contributed by atoms with van der Waals surface area (Å²) in [6, 6.07) is 8.47. The van der Waals surface area contributed by atoms with Crippen molar-refractivity contribution in [3.05, 3.63) is 70.1 Å². The lowest BCUT2D eigenvalue weighted by atomic mass is 9.97. The lowest BCUT2D eigenvalue weighted by molar-refractivity contribution is -0.116. The molecule has 1 atom stereocenters. The molecule has 7 heteroatoms. The Bertz CT molecular complexity index is 929. The van der Waals surface area contributed by atoms with Gasteiger partial charge in [-0.3, -0.25) is 9.69 Å². The van der Waals surface area contributed by atoms with Crippen molar-refractivity contribution >= 4 is 33.4 Å². The molecule has 0 radical (unpaired) electrons. The minimum Gasteiger partial charge on any atom is -0.496 e. The summed E-state index contributed by atoms with van der Waals surface area (Å²) >= 11 is 3.43. The smallest absolute Gasteiger partial charge is 0.326 e. The number of ketones is 1. The van der Waals surface area contributed by atoms with Gasteiger partial charge in [0.25, 0.3) is 0 Å². The van der Waals surface area contributed by atoms with Gasteiger partial charge in [0.1, 0.15) is 11.6 Å². The number of benzene rings is 2. The molecule has 0 spiro atoms. The summed E-state index contributed by atoms with van der Waals surface area (Å²) in [6.45, 7) is 1.90. The van der Waals surface area contributed by atoms with E-state index in [4.69, 9.17) is 4.74 Å². The van der Waals surface area contributed by atoms with E-state index in [1.807, 2.05) is 13.0 Å². The highest BCUT2D eigenvalue weighted by molar-refractivity contribution is 9.10. The zero-order chi connectivity index (χ0) is 19.6. The van der Waals surface area contributed by atoms with E-state index in [1.165, 1.54) is 29.3 Å². The molecule has 3 rings (SSSR count). The highest BCUT2D eigenvalue weighted by Gasteiger charge is 2.29. The summed E-state index contributed by atoms with van der Waals surface area (Å²) in [5.41, 5.74) is 2.01. The molecule has 0 unspecified atom stereocenters. The second-order valence-corrected chi connectivity index (χ2v) is 7.05. The maximum absolute atomic E-state index is 13.6. The van der Waals surface area contributed by atoms with Crippen molar-refractivity contribution in [1.82, 2.24) is 4.90 Å². The number of hydrogen-bond acceptors (Lipinski definition) is 3. The number of halogens is 2. The van der Waals surface area contributed by atoms with Gasteiger partial charge in [-0.2, -0.15) is 0 Å². The van der Waals surface area contributed by atoms with Crippen molar-refractivity contribution < 1.29 is 18.7 Å². The van der Waals surface area contributed by atoms with Crippen molar-refractivity contribution in [3.8, 4) is 5.75 Å². The van der Waals surface area contributed by atoms with Crippen LogP contribution in [0.15, 0.2) is 53.1 Å². The molecule has 0 saturated heterocycles. The molecule has 5 nitrogen and oxygen atoms in total. The Hall–Kier alpha value is -2.67. The number of carbonyl (C=O) groups excluding carboxylic acids is 2. The monoisotopic (exact) mass is 432 g/mol. The summed E-state index contributed by atoms with van der Waals surface area (Å²) in [5.74, 6) is 0.104. The first-order valence-corrected chi connectivity index (χ1v) is 9.08. The van der Waals surface area contributed by atoms with Crippen LogP contribution in [0.25, 0.3) is 0 Å². The van der Waals surface area contributed by atoms with Crippen LogP contribution in [-0.2, 0) is 4.79 Å². The molecule has 2 amide bonds. The normalized spacial score (nSPS) is 16.4. The summed E-state index contributed by atoms with van der Waals surface area (Å²) in [5, 5.41) is 2.81. The van der Waals surface area contributed by atoms with Crippen LogP contribution >= 0.6 is 15.9 Å². The topological polar surface area (TPSA) is 58.6 Å². The van der Waals surface area contributed by atoms with Crippen molar-refractivity contribution in [1.29, 1.82) is 0 Å². The average Bonchev–Trinajstić information content (AvgIpc) is 2.63. The number of nitrogens with one attached hydrogen (secondary N) is 1. The molecular formula is C20H18BrFN2O3. The Morgan fingerprint density at radius 3 is 2.81 bits per heavy atom. The molecular weight excluding hydrogens is 415 g/mol. The number of rotatable bonds is 3. The fourth-order valence-electron chi connectivity index (χ4n) is 2.97. The van der Waals surface area contributed by atoms with E-state index < -0.39 is 17.9 Å². The van der Waals surface area contributed by atoms with Crippen LogP contribution in [0.4, 0.5) is 14.9 Å². The minimum absolute atomic E-state index is 0.0890. The van der Waals surface area contributed by atoms with E-state index in [-0.39, 0.29) is 12.2 Å². The highest BCUT2D eigenvalue weighted by Crippen LogP contribution is 2.33. The quantitative estimate of drug-likeness (QED) is 0.744. The van der Waals surface area contributed by atoms with Crippen LogP contribution in [0.5, 0.6) is 5.75 Å². The number of allylic oxidation sites excluding steroid dienone is 1. The first-order chi connectivity index (χ1) is 12.9. The Labute approximate surface area is 164 Å². The number of anilines is 1. The molecule has 0 bridgehead atoms. The lowest BCUT2D eigenvalue weighted by Crippen LogP contribution is -2.37. The number of methoxy groups -OCH3 is 1. The van der Waals surface area contributed by atoms with E-state index in [1.54, 1.807) is 25.3 Å². The third kappa shape index (κ3) is 4.19. The molecule has 0 aromatic heterocycles. The SMILES string of the molecule is COc1cc(NC(=O)N2C=CC(=O)C[C@H]2c2cccc(F)c2)c(Br)cc1C. The number of hydrogen-bond donors (Lipinski definition) is 1. The maximum Gasteiger partial charge on any atom is 0.326 e. The van der Waals surface area contributed by atoms with Crippen molar-refractivity contribution in [2.45, 2.75) is 19.4 Å². The van der Waals surface area contributed by atoms with Gasteiger partial charge >= 0.3 is 6.03 Å². The van der Waals surface area contributed by atoms with Gasteiger partial charge in [-0.1, -0.05) is 12.1 Å². The van der Waals surface area contributed by atoms with E-state index in [2.05, 4.69) is 21.2 Å². The molecule has 0 saturated carbocycles. The molecule has 1 N–H and O–H groups in total. The standard InChI is InChI=1S/C20H18BrFN2O3/c1-12-8-16(21)17(11-19(12)27-2)23-20(26)24-7-6-15(25)10-18(24)13-4-3-5-14(22)9-13/h3-9,11,18H,10H2,1-2H3,(H,23,26)/t18-/m0/s1. The second kappa shape index (κ2) is 7.92. The van der Waals surface area contributed by atoms with Crippen LogP contribution in [0.3, 0.4) is 0 Å². The van der Waals surface area contributed by atoms with Crippen molar-refractivity contribution in [3.63, 3.8) is 0 Å². The van der Waals surface area contributed by atoms with Crippen molar-refractivity contribution in [2.75, 3.05) is 12.4 Å². The van der Waals surface area contributed by atoms with E-state index >= 15 is 0 Å². The van der Waals surface area contributed by atoms with Gasteiger partial charge in [0.15, 0.2) is 5.78 Å². The molecule has 27 heavy (non-hydrogen) atoms. The van der Waals surface area contributed by atoms with Gasteiger partial charge in [0.05, 0.1) is 18.8 Å². The Kier molecular flexibility index (Phi) is 5.60. The average molecular weight is 433 g/mol. The number of urea groups is 1. The molecule has 0 fully saturated rings. The summed E-state index contributed by atoms with van der Waals surface area (Å²) in [6.07, 6.45) is 2.86. The third-order valence-electron chi connectivity index (χ3n) is 4.35. The van der Waals surface area contributed by atoms with Gasteiger partial charge in [-0.15, -0.1) is 0 Å². The molecule has 140 valence electrons. The van der Waals surface area contributed by atoms with Gasteiger partial charge in [-0.05, 0) is 58.3 Å². The Balaban J connectivity index is 1.90. The maximum atomic E-state index is 13.6. The zero-order valence-corrected chi connectivity index (χ0v) is 16.4. The molecule has 1 aliphatic rings. The van der Waals surface area contributed by atoms with E-state index in [9.17, 15) is 14.0 Å². The number of nitrogens with zero attached hydrogens (tertiary/aromatic N) is 1. The van der Waals surface area contributed by atoms with E-state index in [0.717, 1.165) is 5.56 Å². The summed E-state index contributed by atoms with van der Waals surface area (Å²) < 4.78 is 19.6. The number of carbonyl (C=O) groups is 2. The molecule has 1 heterocycles. The van der Waals surface area contributed by atoms with Gasteiger partial charge < -0.3 is 10.1 Å². The van der Waals surface area contributed by atoms with E-state index in [0.29, 0.717) is 21.5 Å². The Morgan fingerprint density at radius 1 is 1.33 bits per heavy atom. The van der Waals surface area contributed by atoms with Crippen molar-refractivity contribution in [2.24, 2.45) is 0 Å².